The lowest BCUT2D eigenvalue weighted by Crippen LogP contribution is -2.32. The second kappa shape index (κ2) is 4.83. The van der Waals surface area contributed by atoms with Crippen LogP contribution in [0.5, 0.6) is 0 Å². The molecule has 1 aliphatic carbocycles. The van der Waals surface area contributed by atoms with Crippen molar-refractivity contribution in [3.05, 3.63) is 12.2 Å². The summed E-state index contributed by atoms with van der Waals surface area (Å²) in [6.45, 7) is 9.27. The molecule has 0 heterocycles. The fraction of sp³-hybridized carbons (Fsp3) is 0.846. The summed E-state index contributed by atoms with van der Waals surface area (Å²) >= 11 is 0. The monoisotopic (exact) mass is 180 g/mol. The Kier molecular flexibility index (Phi) is 4.02. The Labute approximate surface area is 83.4 Å². The zero-order valence-electron chi connectivity index (χ0n) is 9.59. The van der Waals surface area contributed by atoms with Crippen molar-refractivity contribution < 1.29 is 0 Å². The summed E-state index contributed by atoms with van der Waals surface area (Å²) in [5, 5.41) is 0. The molecule has 76 valence electrons. The molecule has 0 radical (unpaired) electrons. The predicted molar refractivity (Wildman–Crippen MR) is 59.6 cm³/mol. The molecule has 0 aliphatic heterocycles. The van der Waals surface area contributed by atoms with Crippen molar-refractivity contribution >= 4 is 0 Å². The molecular formula is C13H24. The molecule has 13 heavy (non-hydrogen) atoms. The van der Waals surface area contributed by atoms with E-state index in [1.807, 2.05) is 0 Å². The van der Waals surface area contributed by atoms with Crippen LogP contribution in [0.15, 0.2) is 12.2 Å². The van der Waals surface area contributed by atoms with Crippen molar-refractivity contribution in [2.45, 2.75) is 47.0 Å². The second-order valence-electron chi connectivity index (χ2n) is 4.73. The number of hydrogen-bond donors (Lipinski definition) is 0. The van der Waals surface area contributed by atoms with Gasteiger partial charge in [-0.1, -0.05) is 52.7 Å². The van der Waals surface area contributed by atoms with Gasteiger partial charge in [0.15, 0.2) is 0 Å². The molecule has 0 saturated heterocycles. The first-order chi connectivity index (χ1) is 6.19. The second-order valence-corrected chi connectivity index (χ2v) is 4.73. The maximum absolute atomic E-state index is 2.48. The zero-order valence-corrected chi connectivity index (χ0v) is 9.59. The average Bonchev–Trinajstić information content (AvgIpc) is 2.13. The van der Waals surface area contributed by atoms with Gasteiger partial charge >= 0.3 is 0 Å². The van der Waals surface area contributed by atoms with Gasteiger partial charge in [0.25, 0.3) is 0 Å². The number of hydrogen-bond acceptors (Lipinski definition) is 0. The summed E-state index contributed by atoms with van der Waals surface area (Å²) in [5.74, 6) is 3.57. The summed E-state index contributed by atoms with van der Waals surface area (Å²) in [7, 11) is 0. The van der Waals surface area contributed by atoms with E-state index >= 15 is 0 Å². The third-order valence-electron chi connectivity index (χ3n) is 3.71. The molecule has 0 N–H and O–H groups in total. The lowest BCUT2D eigenvalue weighted by Gasteiger charge is -2.41. The van der Waals surface area contributed by atoms with Gasteiger partial charge in [-0.2, -0.15) is 0 Å². The smallest absolute Gasteiger partial charge is 0.0179 e. The summed E-state index contributed by atoms with van der Waals surface area (Å²) in [5.41, 5.74) is 0. The Balaban J connectivity index is 2.38. The standard InChI is InChI=1S/C13H24/c1-5-10(3)7-8-13-11(4)9-12(13)6-2/h7-8,10-13H,5-6,9H2,1-4H3. The SMILES string of the molecule is CCC(C)C=CC1C(C)CC1CC. The molecule has 0 heteroatoms. The first-order valence-corrected chi connectivity index (χ1v) is 5.87. The molecule has 1 aliphatic rings. The van der Waals surface area contributed by atoms with E-state index in [-0.39, 0.29) is 0 Å². The van der Waals surface area contributed by atoms with E-state index in [4.69, 9.17) is 0 Å². The van der Waals surface area contributed by atoms with Crippen LogP contribution in [0.2, 0.25) is 0 Å². The van der Waals surface area contributed by atoms with Crippen LogP contribution >= 0.6 is 0 Å². The molecule has 0 spiro atoms. The third-order valence-corrected chi connectivity index (χ3v) is 3.71. The van der Waals surface area contributed by atoms with Crippen molar-refractivity contribution in [2.75, 3.05) is 0 Å². The number of allylic oxidation sites excluding steroid dienone is 2. The van der Waals surface area contributed by atoms with Gasteiger partial charge in [0.1, 0.15) is 0 Å². The predicted octanol–water partition coefficient (Wildman–Crippen LogP) is 4.27. The molecule has 1 fully saturated rings. The summed E-state index contributed by atoms with van der Waals surface area (Å²) in [6.07, 6.45) is 8.99. The lowest BCUT2D eigenvalue weighted by molar-refractivity contribution is 0.125. The minimum absolute atomic E-state index is 0.769. The van der Waals surface area contributed by atoms with Gasteiger partial charge in [-0.25, -0.2) is 0 Å². The van der Waals surface area contributed by atoms with E-state index in [2.05, 4.69) is 39.8 Å². The van der Waals surface area contributed by atoms with Crippen LogP contribution in [0.25, 0.3) is 0 Å². The Hall–Kier alpha value is -0.260. The highest BCUT2D eigenvalue weighted by Gasteiger charge is 2.34. The maximum atomic E-state index is 2.48. The molecule has 1 rings (SSSR count). The van der Waals surface area contributed by atoms with Crippen LogP contribution < -0.4 is 0 Å². The van der Waals surface area contributed by atoms with Gasteiger partial charge in [0, 0.05) is 0 Å². The van der Waals surface area contributed by atoms with Crippen LogP contribution in [-0.4, -0.2) is 0 Å². The summed E-state index contributed by atoms with van der Waals surface area (Å²) in [4.78, 5) is 0. The van der Waals surface area contributed by atoms with Gasteiger partial charge in [0.05, 0.1) is 0 Å². The summed E-state index contributed by atoms with van der Waals surface area (Å²) in [6, 6.07) is 0. The van der Waals surface area contributed by atoms with Crippen molar-refractivity contribution in [3.8, 4) is 0 Å². The van der Waals surface area contributed by atoms with E-state index in [1.165, 1.54) is 19.3 Å². The molecule has 0 nitrogen and oxygen atoms in total. The van der Waals surface area contributed by atoms with Gasteiger partial charge < -0.3 is 0 Å². The molecule has 0 bridgehead atoms. The van der Waals surface area contributed by atoms with Crippen molar-refractivity contribution in [3.63, 3.8) is 0 Å². The normalized spacial score (nSPS) is 36.2. The Morgan fingerprint density at radius 1 is 1.38 bits per heavy atom. The molecule has 1 saturated carbocycles. The van der Waals surface area contributed by atoms with Crippen molar-refractivity contribution in [1.29, 1.82) is 0 Å². The van der Waals surface area contributed by atoms with Crippen LogP contribution in [0.1, 0.15) is 47.0 Å². The average molecular weight is 180 g/mol. The Morgan fingerprint density at radius 3 is 2.54 bits per heavy atom. The van der Waals surface area contributed by atoms with Gasteiger partial charge in [0.2, 0.25) is 0 Å². The summed E-state index contributed by atoms with van der Waals surface area (Å²) < 4.78 is 0. The zero-order chi connectivity index (χ0) is 9.84. The minimum Gasteiger partial charge on any atom is -0.0854 e. The first-order valence-electron chi connectivity index (χ1n) is 5.87. The fourth-order valence-corrected chi connectivity index (χ4v) is 2.30. The van der Waals surface area contributed by atoms with Crippen LogP contribution in [0.4, 0.5) is 0 Å². The first kappa shape index (κ1) is 10.8. The highest BCUT2D eigenvalue weighted by Crippen LogP contribution is 2.43. The van der Waals surface area contributed by atoms with E-state index in [0.29, 0.717) is 0 Å². The van der Waals surface area contributed by atoms with E-state index in [9.17, 15) is 0 Å². The van der Waals surface area contributed by atoms with E-state index in [1.54, 1.807) is 0 Å². The quantitative estimate of drug-likeness (QED) is 0.567. The Morgan fingerprint density at radius 2 is 2.08 bits per heavy atom. The molecule has 0 amide bonds. The fourth-order valence-electron chi connectivity index (χ4n) is 2.30. The Bertz CT molecular complexity index is 169. The highest BCUT2D eigenvalue weighted by molar-refractivity contribution is 5.01. The van der Waals surface area contributed by atoms with Gasteiger partial charge in [-0.3, -0.25) is 0 Å². The van der Waals surface area contributed by atoms with E-state index < -0.39 is 0 Å². The molecule has 4 atom stereocenters. The van der Waals surface area contributed by atoms with E-state index in [0.717, 1.165) is 23.7 Å². The molecule has 0 aromatic rings. The minimum atomic E-state index is 0.769. The number of rotatable bonds is 4. The topological polar surface area (TPSA) is 0 Å². The van der Waals surface area contributed by atoms with Gasteiger partial charge in [-0.15, -0.1) is 0 Å². The third kappa shape index (κ3) is 2.59. The molecular weight excluding hydrogens is 156 g/mol. The van der Waals surface area contributed by atoms with Crippen LogP contribution in [-0.2, 0) is 0 Å². The lowest BCUT2D eigenvalue weighted by atomic mass is 9.64. The maximum Gasteiger partial charge on any atom is -0.0179 e. The van der Waals surface area contributed by atoms with Crippen LogP contribution in [0.3, 0.4) is 0 Å². The highest BCUT2D eigenvalue weighted by atomic mass is 14.4. The molecule has 4 unspecified atom stereocenters. The van der Waals surface area contributed by atoms with Crippen molar-refractivity contribution in [1.82, 2.24) is 0 Å². The van der Waals surface area contributed by atoms with Crippen molar-refractivity contribution in [2.24, 2.45) is 23.7 Å². The van der Waals surface area contributed by atoms with Crippen LogP contribution in [0, 0.1) is 23.7 Å². The molecule has 0 aromatic carbocycles. The molecule has 0 aromatic heterocycles. The largest absolute Gasteiger partial charge is 0.0854 e. The van der Waals surface area contributed by atoms with Gasteiger partial charge in [-0.05, 0) is 30.1 Å².